The summed E-state index contributed by atoms with van der Waals surface area (Å²) in [5.41, 5.74) is 7.33. The number of hydrogen-bond acceptors (Lipinski definition) is 6. The fourth-order valence-electron chi connectivity index (χ4n) is 2.70. The predicted molar refractivity (Wildman–Crippen MR) is 91.7 cm³/mol. The molecule has 0 aliphatic carbocycles. The SMILES string of the molecule is Cc1cc(S(=O)(=O)N2CCN(Cc3ccccn3)CC2)cnc1N. The van der Waals surface area contributed by atoms with Gasteiger partial charge < -0.3 is 5.73 Å². The average molecular weight is 347 g/mol. The van der Waals surface area contributed by atoms with Crippen LogP contribution in [0.5, 0.6) is 0 Å². The minimum atomic E-state index is -3.52. The van der Waals surface area contributed by atoms with Crippen LogP contribution in [0.1, 0.15) is 11.3 Å². The van der Waals surface area contributed by atoms with Crippen molar-refractivity contribution in [3.8, 4) is 0 Å². The summed E-state index contributed by atoms with van der Waals surface area (Å²) in [7, 11) is -3.52. The van der Waals surface area contributed by atoms with Gasteiger partial charge in [-0.05, 0) is 30.7 Å². The standard InChI is InChI=1S/C16H21N5O2S/c1-13-10-15(11-19-16(13)17)24(22,23)21-8-6-20(7-9-21)12-14-4-2-3-5-18-14/h2-5,10-11H,6-9,12H2,1H3,(H2,17,19). The number of nitrogen functional groups attached to an aromatic ring is 1. The maximum absolute atomic E-state index is 12.7. The van der Waals surface area contributed by atoms with Crippen LogP contribution >= 0.6 is 0 Å². The Hall–Kier alpha value is -2.03. The van der Waals surface area contributed by atoms with Gasteiger partial charge in [0.05, 0.1) is 5.69 Å². The molecule has 3 heterocycles. The Bertz CT molecular complexity index is 802. The largest absolute Gasteiger partial charge is 0.383 e. The van der Waals surface area contributed by atoms with E-state index in [2.05, 4.69) is 14.9 Å². The second-order valence-electron chi connectivity index (χ2n) is 5.87. The fraction of sp³-hybridized carbons (Fsp3) is 0.375. The zero-order valence-corrected chi connectivity index (χ0v) is 14.4. The van der Waals surface area contributed by atoms with Gasteiger partial charge >= 0.3 is 0 Å². The molecule has 0 radical (unpaired) electrons. The van der Waals surface area contributed by atoms with Crippen LogP contribution in [-0.4, -0.2) is 53.8 Å². The van der Waals surface area contributed by atoms with Crippen LogP contribution in [0.2, 0.25) is 0 Å². The molecule has 2 aromatic heterocycles. The lowest BCUT2D eigenvalue weighted by Gasteiger charge is -2.33. The molecular weight excluding hydrogens is 326 g/mol. The lowest BCUT2D eigenvalue weighted by Crippen LogP contribution is -2.48. The number of piperazine rings is 1. The van der Waals surface area contributed by atoms with Crippen LogP contribution in [0.15, 0.2) is 41.6 Å². The molecule has 1 saturated heterocycles. The van der Waals surface area contributed by atoms with E-state index in [4.69, 9.17) is 5.73 Å². The normalized spacial score (nSPS) is 17.0. The highest BCUT2D eigenvalue weighted by Gasteiger charge is 2.29. The molecule has 1 aliphatic heterocycles. The number of nitrogens with zero attached hydrogens (tertiary/aromatic N) is 4. The van der Waals surface area contributed by atoms with Crippen molar-refractivity contribution in [1.82, 2.24) is 19.2 Å². The number of hydrogen-bond donors (Lipinski definition) is 1. The van der Waals surface area contributed by atoms with Crippen LogP contribution in [0.3, 0.4) is 0 Å². The van der Waals surface area contributed by atoms with Crippen molar-refractivity contribution >= 4 is 15.8 Å². The summed E-state index contributed by atoms with van der Waals surface area (Å²) in [5, 5.41) is 0. The quantitative estimate of drug-likeness (QED) is 0.882. The summed E-state index contributed by atoms with van der Waals surface area (Å²) < 4.78 is 27.0. The first kappa shape index (κ1) is 16.8. The molecule has 0 amide bonds. The van der Waals surface area contributed by atoms with Crippen molar-refractivity contribution in [3.63, 3.8) is 0 Å². The zero-order valence-electron chi connectivity index (χ0n) is 13.6. The molecule has 24 heavy (non-hydrogen) atoms. The predicted octanol–water partition coefficient (Wildman–Crippen LogP) is 0.874. The number of aryl methyl sites for hydroxylation is 1. The van der Waals surface area contributed by atoms with Crippen LogP contribution in [0, 0.1) is 6.92 Å². The number of rotatable bonds is 4. The minimum Gasteiger partial charge on any atom is -0.383 e. The second-order valence-corrected chi connectivity index (χ2v) is 7.81. The van der Waals surface area contributed by atoms with Crippen LogP contribution in [-0.2, 0) is 16.6 Å². The number of nitrogens with two attached hydrogens (primary N) is 1. The molecule has 0 aromatic carbocycles. The highest BCUT2D eigenvalue weighted by Crippen LogP contribution is 2.20. The molecule has 0 bridgehead atoms. The smallest absolute Gasteiger partial charge is 0.244 e. The summed E-state index contributed by atoms with van der Waals surface area (Å²) in [4.78, 5) is 10.7. The number of pyridine rings is 2. The molecule has 0 spiro atoms. The first-order valence-corrected chi connectivity index (χ1v) is 9.25. The van der Waals surface area contributed by atoms with Crippen molar-refractivity contribution < 1.29 is 8.42 Å². The van der Waals surface area contributed by atoms with E-state index in [1.54, 1.807) is 19.2 Å². The summed E-state index contributed by atoms with van der Waals surface area (Å²) in [5.74, 6) is 0.356. The van der Waals surface area contributed by atoms with Gasteiger partial charge in [0.25, 0.3) is 0 Å². The molecule has 1 aliphatic rings. The van der Waals surface area contributed by atoms with Gasteiger partial charge in [-0.1, -0.05) is 6.07 Å². The maximum atomic E-state index is 12.7. The Morgan fingerprint density at radius 1 is 1.17 bits per heavy atom. The van der Waals surface area contributed by atoms with E-state index < -0.39 is 10.0 Å². The van der Waals surface area contributed by atoms with Crippen molar-refractivity contribution in [2.75, 3.05) is 31.9 Å². The monoisotopic (exact) mass is 347 g/mol. The van der Waals surface area contributed by atoms with E-state index >= 15 is 0 Å². The Balaban J connectivity index is 1.66. The third kappa shape index (κ3) is 3.55. The first-order valence-electron chi connectivity index (χ1n) is 7.81. The molecule has 3 rings (SSSR count). The van der Waals surface area contributed by atoms with Gasteiger partial charge in [0, 0.05) is 45.1 Å². The Labute approximate surface area is 142 Å². The molecule has 7 nitrogen and oxygen atoms in total. The second kappa shape index (κ2) is 6.84. The lowest BCUT2D eigenvalue weighted by atomic mass is 10.3. The van der Waals surface area contributed by atoms with Crippen LogP contribution < -0.4 is 5.73 Å². The molecule has 1 fully saturated rings. The third-order valence-corrected chi connectivity index (χ3v) is 6.04. The third-order valence-electron chi connectivity index (χ3n) is 4.17. The van der Waals surface area contributed by atoms with Gasteiger partial charge in [0.1, 0.15) is 10.7 Å². The topological polar surface area (TPSA) is 92.4 Å². The Kier molecular flexibility index (Phi) is 4.79. The highest BCUT2D eigenvalue weighted by atomic mass is 32.2. The van der Waals surface area contributed by atoms with Crippen LogP contribution in [0.25, 0.3) is 0 Å². The highest BCUT2D eigenvalue weighted by molar-refractivity contribution is 7.89. The van der Waals surface area contributed by atoms with E-state index in [0.717, 1.165) is 12.2 Å². The molecule has 2 N–H and O–H groups in total. The fourth-order valence-corrected chi connectivity index (χ4v) is 4.15. The van der Waals surface area contributed by atoms with Crippen molar-refractivity contribution in [2.24, 2.45) is 0 Å². The van der Waals surface area contributed by atoms with Gasteiger partial charge in [0.2, 0.25) is 10.0 Å². The first-order chi connectivity index (χ1) is 11.5. The van der Waals surface area contributed by atoms with Gasteiger partial charge in [-0.15, -0.1) is 0 Å². The number of sulfonamides is 1. The number of anilines is 1. The summed E-state index contributed by atoms with van der Waals surface area (Å²) in [6, 6.07) is 7.40. The van der Waals surface area contributed by atoms with E-state index in [1.807, 2.05) is 18.2 Å². The van der Waals surface area contributed by atoms with Crippen molar-refractivity contribution in [1.29, 1.82) is 0 Å². The molecular formula is C16H21N5O2S. The van der Waals surface area contributed by atoms with Crippen molar-refractivity contribution in [3.05, 3.63) is 47.9 Å². The molecule has 0 atom stereocenters. The Morgan fingerprint density at radius 2 is 1.92 bits per heavy atom. The molecule has 0 saturated carbocycles. The summed E-state index contributed by atoms with van der Waals surface area (Å²) >= 11 is 0. The van der Waals surface area contributed by atoms with Gasteiger partial charge in [0.15, 0.2) is 0 Å². The van der Waals surface area contributed by atoms with E-state index in [9.17, 15) is 8.42 Å². The lowest BCUT2D eigenvalue weighted by molar-refractivity contribution is 0.180. The molecule has 0 unspecified atom stereocenters. The zero-order chi connectivity index (χ0) is 17.2. The molecule has 2 aromatic rings. The van der Waals surface area contributed by atoms with E-state index in [1.165, 1.54) is 10.5 Å². The number of aromatic nitrogens is 2. The minimum absolute atomic E-state index is 0.201. The van der Waals surface area contributed by atoms with E-state index in [0.29, 0.717) is 37.6 Å². The summed E-state index contributed by atoms with van der Waals surface area (Å²) in [6.45, 7) is 4.76. The molecule has 8 heteroatoms. The van der Waals surface area contributed by atoms with Crippen LogP contribution in [0.4, 0.5) is 5.82 Å². The van der Waals surface area contributed by atoms with E-state index in [-0.39, 0.29) is 4.90 Å². The average Bonchev–Trinajstić information content (AvgIpc) is 2.58. The summed E-state index contributed by atoms with van der Waals surface area (Å²) in [6.07, 6.45) is 3.10. The van der Waals surface area contributed by atoms with Gasteiger partial charge in [-0.2, -0.15) is 4.31 Å². The van der Waals surface area contributed by atoms with Crippen molar-refractivity contribution in [2.45, 2.75) is 18.4 Å². The van der Waals surface area contributed by atoms with Gasteiger partial charge in [-0.3, -0.25) is 9.88 Å². The van der Waals surface area contributed by atoms with Gasteiger partial charge in [-0.25, -0.2) is 13.4 Å². The Morgan fingerprint density at radius 3 is 2.54 bits per heavy atom. The molecule has 128 valence electrons. The maximum Gasteiger partial charge on any atom is 0.244 e.